The molecule has 2 rings (SSSR count). The van der Waals surface area contributed by atoms with Gasteiger partial charge in [0, 0.05) is 18.9 Å². The van der Waals surface area contributed by atoms with E-state index in [1.807, 2.05) is 18.3 Å². The van der Waals surface area contributed by atoms with Crippen LogP contribution in [0.15, 0.2) is 30.7 Å². The van der Waals surface area contributed by atoms with Crippen LogP contribution in [0.25, 0.3) is 0 Å². The molecule has 4 nitrogen and oxygen atoms in total. The summed E-state index contributed by atoms with van der Waals surface area (Å²) in [5.74, 6) is 0.779. The minimum Gasteiger partial charge on any atom is -0.370 e. The Morgan fingerprint density at radius 3 is 2.83 bits per heavy atom. The molecule has 0 bridgehead atoms. The molecule has 1 aliphatic heterocycles. The molecule has 2 N–H and O–H groups in total. The van der Waals surface area contributed by atoms with Gasteiger partial charge in [0.05, 0.1) is 0 Å². The van der Waals surface area contributed by atoms with E-state index in [-0.39, 0.29) is 6.17 Å². The molecule has 62 valence electrons. The van der Waals surface area contributed by atoms with Gasteiger partial charge >= 0.3 is 0 Å². The summed E-state index contributed by atoms with van der Waals surface area (Å²) in [4.78, 5) is 8.26. The van der Waals surface area contributed by atoms with Gasteiger partial charge in [-0.3, -0.25) is 5.32 Å². The highest BCUT2D eigenvalue weighted by molar-refractivity contribution is 5.01. The number of nitrogens with one attached hydrogen (secondary N) is 2. The van der Waals surface area contributed by atoms with E-state index in [4.69, 9.17) is 0 Å². The van der Waals surface area contributed by atoms with Crippen LogP contribution in [0.5, 0.6) is 0 Å². The fourth-order valence-corrected chi connectivity index (χ4v) is 1.09. The predicted molar refractivity (Wildman–Crippen MR) is 45.1 cm³/mol. The number of hydrogen-bond donors (Lipinski definition) is 2. The standard InChI is InChI=1S/C8H10N4/c1-3-9-7(10-4-1)8-11-5-2-6-12-8/h1-5,8,11-12H,6H2. The Morgan fingerprint density at radius 1 is 1.33 bits per heavy atom. The highest BCUT2D eigenvalue weighted by atomic mass is 15.2. The van der Waals surface area contributed by atoms with Crippen molar-refractivity contribution in [1.82, 2.24) is 20.6 Å². The highest BCUT2D eigenvalue weighted by Crippen LogP contribution is 2.03. The third-order valence-corrected chi connectivity index (χ3v) is 1.66. The molecular weight excluding hydrogens is 152 g/mol. The Hall–Kier alpha value is -1.42. The first kappa shape index (κ1) is 7.24. The van der Waals surface area contributed by atoms with Crippen LogP contribution >= 0.6 is 0 Å². The van der Waals surface area contributed by atoms with Crippen LogP contribution in [-0.4, -0.2) is 16.5 Å². The zero-order valence-corrected chi connectivity index (χ0v) is 6.57. The topological polar surface area (TPSA) is 49.8 Å². The second kappa shape index (κ2) is 3.32. The molecule has 4 heteroatoms. The highest BCUT2D eigenvalue weighted by Gasteiger charge is 2.11. The van der Waals surface area contributed by atoms with Gasteiger partial charge in [-0.05, 0) is 12.3 Å². The molecule has 0 saturated carbocycles. The van der Waals surface area contributed by atoms with E-state index in [0.29, 0.717) is 0 Å². The molecule has 2 heterocycles. The van der Waals surface area contributed by atoms with Gasteiger partial charge in [0.2, 0.25) is 0 Å². The van der Waals surface area contributed by atoms with E-state index in [1.54, 1.807) is 12.4 Å². The van der Waals surface area contributed by atoms with Gasteiger partial charge in [-0.2, -0.15) is 0 Å². The van der Waals surface area contributed by atoms with Gasteiger partial charge < -0.3 is 5.32 Å². The molecule has 0 spiro atoms. The minimum atomic E-state index is 0.0520. The molecule has 1 aromatic heterocycles. The summed E-state index contributed by atoms with van der Waals surface area (Å²) < 4.78 is 0. The third-order valence-electron chi connectivity index (χ3n) is 1.66. The molecule has 1 unspecified atom stereocenters. The first-order valence-electron chi connectivity index (χ1n) is 3.88. The quantitative estimate of drug-likeness (QED) is 0.618. The van der Waals surface area contributed by atoms with Gasteiger partial charge in [0.1, 0.15) is 6.17 Å². The van der Waals surface area contributed by atoms with Crippen molar-refractivity contribution >= 4 is 0 Å². The molecule has 0 amide bonds. The lowest BCUT2D eigenvalue weighted by atomic mass is 10.3. The van der Waals surface area contributed by atoms with Crippen molar-refractivity contribution in [2.45, 2.75) is 6.17 Å². The monoisotopic (exact) mass is 162 g/mol. The van der Waals surface area contributed by atoms with Crippen LogP contribution in [0.2, 0.25) is 0 Å². The predicted octanol–water partition coefficient (Wildman–Crippen LogP) is 0.182. The van der Waals surface area contributed by atoms with Gasteiger partial charge in [-0.15, -0.1) is 0 Å². The SMILES string of the molecule is C1=CNC(c2ncccn2)NC1. The summed E-state index contributed by atoms with van der Waals surface area (Å²) in [5, 5.41) is 6.33. The lowest BCUT2D eigenvalue weighted by molar-refractivity contribution is 0.473. The smallest absolute Gasteiger partial charge is 0.165 e. The van der Waals surface area contributed by atoms with Crippen molar-refractivity contribution < 1.29 is 0 Å². The van der Waals surface area contributed by atoms with Crippen LogP contribution in [0.1, 0.15) is 12.0 Å². The van der Waals surface area contributed by atoms with Gasteiger partial charge in [-0.25, -0.2) is 9.97 Å². The molecule has 1 atom stereocenters. The number of aromatic nitrogens is 2. The summed E-state index contributed by atoms with van der Waals surface area (Å²) in [5.41, 5.74) is 0. The molecule has 0 aromatic carbocycles. The largest absolute Gasteiger partial charge is 0.370 e. The fourth-order valence-electron chi connectivity index (χ4n) is 1.09. The maximum atomic E-state index is 4.13. The first-order valence-corrected chi connectivity index (χ1v) is 3.88. The molecule has 0 saturated heterocycles. The zero-order chi connectivity index (χ0) is 8.23. The molecule has 0 radical (unpaired) electrons. The van der Waals surface area contributed by atoms with Crippen LogP contribution in [0.3, 0.4) is 0 Å². The van der Waals surface area contributed by atoms with Crippen molar-refractivity contribution in [2.24, 2.45) is 0 Å². The van der Waals surface area contributed by atoms with E-state index in [1.165, 1.54) is 0 Å². The minimum absolute atomic E-state index is 0.0520. The maximum absolute atomic E-state index is 4.13. The lowest BCUT2D eigenvalue weighted by Crippen LogP contribution is -2.35. The Labute approximate surface area is 70.7 Å². The Kier molecular flexibility index (Phi) is 2.00. The van der Waals surface area contributed by atoms with Crippen molar-refractivity contribution in [3.8, 4) is 0 Å². The second-order valence-electron chi connectivity index (χ2n) is 2.52. The van der Waals surface area contributed by atoms with Crippen LogP contribution in [0, 0.1) is 0 Å². The van der Waals surface area contributed by atoms with E-state index >= 15 is 0 Å². The number of nitrogens with zero attached hydrogens (tertiary/aromatic N) is 2. The van der Waals surface area contributed by atoms with E-state index in [2.05, 4.69) is 20.6 Å². The molecular formula is C8H10N4. The molecule has 1 aliphatic rings. The van der Waals surface area contributed by atoms with E-state index in [9.17, 15) is 0 Å². The Bertz CT molecular complexity index is 270. The number of hydrogen-bond acceptors (Lipinski definition) is 4. The normalized spacial score (nSPS) is 21.8. The zero-order valence-electron chi connectivity index (χ0n) is 6.57. The lowest BCUT2D eigenvalue weighted by Gasteiger charge is -2.19. The molecule has 0 fully saturated rings. The summed E-state index contributed by atoms with van der Waals surface area (Å²) in [6, 6.07) is 1.81. The Morgan fingerprint density at radius 2 is 2.17 bits per heavy atom. The second-order valence-corrected chi connectivity index (χ2v) is 2.52. The van der Waals surface area contributed by atoms with Crippen molar-refractivity contribution in [3.63, 3.8) is 0 Å². The van der Waals surface area contributed by atoms with E-state index < -0.39 is 0 Å². The fraction of sp³-hybridized carbons (Fsp3) is 0.250. The van der Waals surface area contributed by atoms with Gasteiger partial charge in [0.15, 0.2) is 5.82 Å². The van der Waals surface area contributed by atoms with Crippen LogP contribution < -0.4 is 10.6 Å². The van der Waals surface area contributed by atoms with Crippen LogP contribution in [0.4, 0.5) is 0 Å². The van der Waals surface area contributed by atoms with Gasteiger partial charge in [-0.1, -0.05) is 6.08 Å². The maximum Gasteiger partial charge on any atom is 0.165 e. The van der Waals surface area contributed by atoms with Gasteiger partial charge in [0.25, 0.3) is 0 Å². The summed E-state index contributed by atoms with van der Waals surface area (Å²) >= 11 is 0. The first-order chi connectivity index (χ1) is 5.97. The average molecular weight is 162 g/mol. The molecule has 0 aliphatic carbocycles. The molecule has 12 heavy (non-hydrogen) atoms. The summed E-state index contributed by atoms with van der Waals surface area (Å²) in [6.07, 6.45) is 7.46. The molecule has 1 aromatic rings. The average Bonchev–Trinajstić information content (AvgIpc) is 2.21. The Balaban J connectivity index is 2.15. The van der Waals surface area contributed by atoms with E-state index in [0.717, 1.165) is 12.4 Å². The number of rotatable bonds is 1. The van der Waals surface area contributed by atoms with Crippen LogP contribution in [-0.2, 0) is 0 Å². The van der Waals surface area contributed by atoms with Crippen molar-refractivity contribution in [2.75, 3.05) is 6.54 Å². The van der Waals surface area contributed by atoms with Crippen molar-refractivity contribution in [3.05, 3.63) is 36.6 Å². The summed E-state index contributed by atoms with van der Waals surface area (Å²) in [7, 11) is 0. The van der Waals surface area contributed by atoms with Crippen molar-refractivity contribution in [1.29, 1.82) is 0 Å². The summed E-state index contributed by atoms with van der Waals surface area (Å²) in [6.45, 7) is 0.857. The third kappa shape index (κ3) is 1.43.